The predicted molar refractivity (Wildman–Crippen MR) is 61.9 cm³/mol. The van der Waals surface area contributed by atoms with Gasteiger partial charge in [0.15, 0.2) is 0 Å². The van der Waals surface area contributed by atoms with Crippen molar-refractivity contribution in [1.82, 2.24) is 4.90 Å². The fraction of sp³-hybridized carbons (Fsp3) is 0.667. The van der Waals surface area contributed by atoms with Crippen molar-refractivity contribution in [3.63, 3.8) is 0 Å². The lowest BCUT2D eigenvalue weighted by atomic mass is 10.1. The molecule has 90 valence electrons. The highest BCUT2D eigenvalue weighted by Gasteiger charge is 2.34. The van der Waals surface area contributed by atoms with Crippen LogP contribution in [0, 0.1) is 0 Å². The summed E-state index contributed by atoms with van der Waals surface area (Å²) in [5.74, 6) is 0.898. The van der Waals surface area contributed by atoms with E-state index >= 15 is 0 Å². The summed E-state index contributed by atoms with van der Waals surface area (Å²) in [6, 6.07) is 4.14. The molecule has 0 saturated carbocycles. The van der Waals surface area contributed by atoms with Crippen molar-refractivity contribution in [3.05, 3.63) is 24.2 Å². The van der Waals surface area contributed by atoms with Gasteiger partial charge in [0.05, 0.1) is 18.9 Å². The second kappa shape index (κ2) is 4.99. The molecule has 16 heavy (non-hydrogen) atoms. The zero-order chi connectivity index (χ0) is 11.5. The highest BCUT2D eigenvalue weighted by Crippen LogP contribution is 2.31. The third-order valence-corrected chi connectivity index (χ3v) is 3.32. The number of aliphatic hydroxyl groups excluding tert-OH is 1. The molecular formula is C12H20N2O2. The SMILES string of the molecule is CC(N)C(c1ccco1)N1CCCC1CO. The quantitative estimate of drug-likeness (QED) is 0.804. The van der Waals surface area contributed by atoms with Gasteiger partial charge in [-0.2, -0.15) is 0 Å². The van der Waals surface area contributed by atoms with Gasteiger partial charge in [-0.05, 0) is 38.4 Å². The van der Waals surface area contributed by atoms with Gasteiger partial charge in [0.2, 0.25) is 0 Å². The van der Waals surface area contributed by atoms with E-state index in [-0.39, 0.29) is 24.7 Å². The fourth-order valence-corrected chi connectivity index (χ4v) is 2.60. The molecular weight excluding hydrogens is 204 g/mol. The van der Waals surface area contributed by atoms with Crippen molar-refractivity contribution in [3.8, 4) is 0 Å². The van der Waals surface area contributed by atoms with Gasteiger partial charge < -0.3 is 15.3 Å². The van der Waals surface area contributed by atoms with E-state index in [2.05, 4.69) is 4.90 Å². The lowest BCUT2D eigenvalue weighted by molar-refractivity contribution is 0.0962. The Hall–Kier alpha value is -0.840. The van der Waals surface area contributed by atoms with Gasteiger partial charge >= 0.3 is 0 Å². The normalized spacial score (nSPS) is 25.8. The lowest BCUT2D eigenvalue weighted by Gasteiger charge is -2.33. The van der Waals surface area contributed by atoms with E-state index in [1.54, 1.807) is 6.26 Å². The van der Waals surface area contributed by atoms with Crippen LogP contribution < -0.4 is 5.73 Å². The van der Waals surface area contributed by atoms with E-state index in [0.717, 1.165) is 25.1 Å². The number of hydrogen-bond acceptors (Lipinski definition) is 4. The standard InChI is InChI=1S/C12H20N2O2/c1-9(13)12(11-5-3-7-16-11)14-6-2-4-10(14)8-15/h3,5,7,9-10,12,15H,2,4,6,8,13H2,1H3. The average Bonchev–Trinajstić information content (AvgIpc) is 2.88. The second-order valence-corrected chi connectivity index (χ2v) is 4.54. The molecule has 2 rings (SSSR count). The van der Waals surface area contributed by atoms with E-state index in [1.807, 2.05) is 19.1 Å². The van der Waals surface area contributed by atoms with E-state index in [4.69, 9.17) is 10.2 Å². The summed E-state index contributed by atoms with van der Waals surface area (Å²) in [5.41, 5.74) is 6.04. The number of rotatable bonds is 4. The van der Waals surface area contributed by atoms with Crippen molar-refractivity contribution in [2.45, 2.75) is 37.9 Å². The smallest absolute Gasteiger partial charge is 0.122 e. The first-order valence-corrected chi connectivity index (χ1v) is 5.89. The molecule has 4 nitrogen and oxygen atoms in total. The van der Waals surface area contributed by atoms with Gasteiger partial charge in [-0.15, -0.1) is 0 Å². The van der Waals surface area contributed by atoms with Crippen molar-refractivity contribution >= 4 is 0 Å². The summed E-state index contributed by atoms with van der Waals surface area (Å²) in [4.78, 5) is 2.27. The highest BCUT2D eigenvalue weighted by molar-refractivity contribution is 5.09. The van der Waals surface area contributed by atoms with Crippen molar-refractivity contribution < 1.29 is 9.52 Å². The van der Waals surface area contributed by atoms with Gasteiger partial charge in [0.25, 0.3) is 0 Å². The highest BCUT2D eigenvalue weighted by atomic mass is 16.3. The van der Waals surface area contributed by atoms with Crippen LogP contribution >= 0.6 is 0 Å². The van der Waals surface area contributed by atoms with Crippen LogP contribution in [0.25, 0.3) is 0 Å². The first kappa shape index (κ1) is 11.6. The molecule has 0 amide bonds. The van der Waals surface area contributed by atoms with Gasteiger partial charge in [0.1, 0.15) is 5.76 Å². The molecule has 1 fully saturated rings. The molecule has 1 aliphatic heterocycles. The second-order valence-electron chi connectivity index (χ2n) is 4.54. The van der Waals surface area contributed by atoms with Crippen LogP contribution in [0.15, 0.2) is 22.8 Å². The Kier molecular flexibility index (Phi) is 3.63. The Labute approximate surface area is 96.0 Å². The predicted octanol–water partition coefficient (Wildman–Crippen LogP) is 1.12. The Morgan fingerprint density at radius 3 is 3.06 bits per heavy atom. The van der Waals surface area contributed by atoms with E-state index in [9.17, 15) is 5.11 Å². The van der Waals surface area contributed by atoms with E-state index < -0.39 is 0 Å². The molecule has 0 aromatic carbocycles. The van der Waals surface area contributed by atoms with Crippen molar-refractivity contribution in [2.75, 3.05) is 13.2 Å². The zero-order valence-electron chi connectivity index (χ0n) is 9.67. The van der Waals surface area contributed by atoms with Gasteiger partial charge in [-0.3, -0.25) is 4.90 Å². The summed E-state index contributed by atoms with van der Waals surface area (Å²) >= 11 is 0. The zero-order valence-corrected chi connectivity index (χ0v) is 9.67. The van der Waals surface area contributed by atoms with Crippen LogP contribution in [0.3, 0.4) is 0 Å². The third kappa shape index (κ3) is 2.14. The molecule has 1 aliphatic rings. The summed E-state index contributed by atoms with van der Waals surface area (Å²) in [7, 11) is 0. The van der Waals surface area contributed by atoms with Crippen LogP contribution in [0.2, 0.25) is 0 Å². The Morgan fingerprint density at radius 1 is 1.69 bits per heavy atom. The lowest BCUT2D eigenvalue weighted by Crippen LogP contribution is -2.43. The van der Waals surface area contributed by atoms with Gasteiger partial charge in [-0.25, -0.2) is 0 Å². The summed E-state index contributed by atoms with van der Waals surface area (Å²) in [5, 5.41) is 9.35. The van der Waals surface area contributed by atoms with Gasteiger partial charge in [-0.1, -0.05) is 0 Å². The molecule has 0 radical (unpaired) electrons. The summed E-state index contributed by atoms with van der Waals surface area (Å²) in [6.45, 7) is 3.17. The number of nitrogens with two attached hydrogens (primary N) is 1. The van der Waals surface area contributed by atoms with Crippen LogP contribution in [0.4, 0.5) is 0 Å². The average molecular weight is 224 g/mol. The number of hydrogen-bond donors (Lipinski definition) is 2. The number of aliphatic hydroxyl groups is 1. The van der Waals surface area contributed by atoms with Crippen LogP contribution in [-0.4, -0.2) is 35.2 Å². The van der Waals surface area contributed by atoms with E-state index in [1.165, 1.54) is 0 Å². The van der Waals surface area contributed by atoms with Crippen molar-refractivity contribution in [1.29, 1.82) is 0 Å². The third-order valence-electron chi connectivity index (χ3n) is 3.32. The molecule has 0 spiro atoms. The molecule has 0 bridgehead atoms. The maximum Gasteiger partial charge on any atom is 0.122 e. The fourth-order valence-electron chi connectivity index (χ4n) is 2.60. The first-order chi connectivity index (χ1) is 7.74. The molecule has 1 aromatic heterocycles. The van der Waals surface area contributed by atoms with Crippen LogP contribution in [0.1, 0.15) is 31.6 Å². The molecule has 3 atom stereocenters. The molecule has 4 heteroatoms. The minimum atomic E-state index is -0.00157. The minimum Gasteiger partial charge on any atom is -0.468 e. The largest absolute Gasteiger partial charge is 0.468 e. The monoisotopic (exact) mass is 224 g/mol. The topological polar surface area (TPSA) is 62.6 Å². The summed E-state index contributed by atoms with van der Waals surface area (Å²) < 4.78 is 5.46. The minimum absolute atomic E-state index is 0.00157. The number of nitrogens with zero attached hydrogens (tertiary/aromatic N) is 1. The molecule has 0 aliphatic carbocycles. The Morgan fingerprint density at radius 2 is 2.50 bits per heavy atom. The number of likely N-dealkylation sites (tertiary alicyclic amines) is 1. The van der Waals surface area contributed by atoms with Gasteiger partial charge in [0, 0.05) is 12.1 Å². The maximum atomic E-state index is 9.35. The molecule has 1 aromatic rings. The van der Waals surface area contributed by atoms with Crippen LogP contribution in [0.5, 0.6) is 0 Å². The van der Waals surface area contributed by atoms with E-state index in [0.29, 0.717) is 0 Å². The number of furan rings is 1. The maximum absolute atomic E-state index is 9.35. The molecule has 3 N–H and O–H groups in total. The Bertz CT molecular complexity index is 311. The molecule has 1 saturated heterocycles. The van der Waals surface area contributed by atoms with Crippen LogP contribution in [-0.2, 0) is 0 Å². The molecule has 3 unspecified atom stereocenters. The first-order valence-electron chi connectivity index (χ1n) is 5.89. The molecule has 2 heterocycles. The Balaban J connectivity index is 2.19. The summed E-state index contributed by atoms with van der Waals surface area (Å²) in [6.07, 6.45) is 3.84. The van der Waals surface area contributed by atoms with Crippen molar-refractivity contribution in [2.24, 2.45) is 5.73 Å².